The highest BCUT2D eigenvalue weighted by Gasteiger charge is 2.79. The number of amides is 2. The molecule has 1 saturated heterocycles. The van der Waals surface area contributed by atoms with E-state index in [0.29, 0.717) is 5.56 Å². The van der Waals surface area contributed by atoms with E-state index in [1.807, 2.05) is 0 Å². The Hall–Kier alpha value is -7.00. The first-order valence-electron chi connectivity index (χ1n) is 23.7. The van der Waals surface area contributed by atoms with Crippen molar-refractivity contribution in [2.24, 2.45) is 16.7 Å². The van der Waals surface area contributed by atoms with Gasteiger partial charge < -0.3 is 58.7 Å². The summed E-state index contributed by atoms with van der Waals surface area (Å²) in [5.74, 6) is -8.41. The molecule has 3 aromatic carbocycles. The fourth-order valence-corrected chi connectivity index (χ4v) is 11.1. The average Bonchev–Trinajstić information content (AvgIpc) is 3.35. The maximum absolute atomic E-state index is 16.1. The van der Waals surface area contributed by atoms with Crippen molar-refractivity contribution in [1.82, 2.24) is 10.6 Å². The Morgan fingerprint density at radius 3 is 2.00 bits per heavy atom. The average molecular weight is 1010 g/mol. The van der Waals surface area contributed by atoms with Gasteiger partial charge in [0.05, 0.1) is 30.1 Å². The second-order valence-corrected chi connectivity index (χ2v) is 19.3. The van der Waals surface area contributed by atoms with Crippen molar-refractivity contribution in [2.75, 3.05) is 33.5 Å². The molecular weight excluding hydrogens is 953 g/mol. The number of carbonyl (C=O) groups excluding carboxylic acids is 8. The predicted octanol–water partition coefficient (Wildman–Crippen LogP) is 3.66. The van der Waals surface area contributed by atoms with E-state index >= 15 is 9.59 Å². The number of ether oxygens (including phenoxy) is 8. The van der Waals surface area contributed by atoms with Crippen molar-refractivity contribution in [1.29, 1.82) is 0 Å². The number of aliphatic hydroxyl groups excluding tert-OH is 1. The van der Waals surface area contributed by atoms with E-state index in [1.165, 1.54) is 59.1 Å². The molecule has 0 aromatic heterocycles. The number of Topliss-reactive ketones (excluding diaryl/α,β-unsaturated/α-hetero) is 1. The fourth-order valence-electron chi connectivity index (χ4n) is 11.1. The molecule has 3 fully saturated rings. The summed E-state index contributed by atoms with van der Waals surface area (Å²) < 4.78 is 47.9. The first-order chi connectivity index (χ1) is 34.6. The molecule has 4 N–H and O–H groups in total. The summed E-state index contributed by atoms with van der Waals surface area (Å²) in [5.41, 5.74) is -7.96. The standard InChI is InChI=1S/C53H60N2O18/c1-29-35(69-48(63)42(71-38(59)27-66-7)40(32-17-11-8-12-18-32)55-46(61)33-19-13-9-14-20-33)26-53(65)45(72-47(62)34-21-15-10-16-22-34)43-51(6,44(60)41(68-30(2)57)39(29)50(53,4)5)36(70-49(64)54-23-24-56)25-37-52(43,28-67-37)73-31(3)58/h8-22,35-37,40-43,45,56,65H,23-28H2,1-7H3,(H,54,64)(H,55,61)/t35-,36-,37+,40-,41+,42+,43-,45-,51+,52-,53+/m0/s1. The lowest BCUT2D eigenvalue weighted by Crippen LogP contribution is -2.82. The van der Waals surface area contributed by atoms with Gasteiger partial charge in [0.2, 0.25) is 6.10 Å². The topological polar surface area (TPSA) is 275 Å². The van der Waals surface area contributed by atoms with E-state index in [1.54, 1.807) is 66.7 Å². The van der Waals surface area contributed by atoms with Gasteiger partial charge in [-0.3, -0.25) is 19.2 Å². The number of carbonyl (C=O) groups is 8. The van der Waals surface area contributed by atoms with Crippen LogP contribution in [0.15, 0.2) is 102 Å². The molecule has 73 heavy (non-hydrogen) atoms. The van der Waals surface area contributed by atoms with E-state index in [2.05, 4.69) is 10.6 Å². The summed E-state index contributed by atoms with van der Waals surface area (Å²) in [5, 5.41) is 28.8. The van der Waals surface area contributed by atoms with Gasteiger partial charge in [-0.25, -0.2) is 19.2 Å². The number of hydrogen-bond acceptors (Lipinski definition) is 18. The van der Waals surface area contributed by atoms with Crippen molar-refractivity contribution in [3.05, 3.63) is 119 Å². The molecule has 3 aromatic rings. The normalized spacial score (nSPS) is 28.6. The van der Waals surface area contributed by atoms with Gasteiger partial charge in [-0.15, -0.1) is 0 Å². The molecule has 11 atom stereocenters. The largest absolute Gasteiger partial charge is 0.455 e. The van der Waals surface area contributed by atoms with Crippen LogP contribution in [0.5, 0.6) is 0 Å². The lowest BCUT2D eigenvalue weighted by molar-refractivity contribution is -0.345. The predicted molar refractivity (Wildman–Crippen MR) is 253 cm³/mol. The Balaban J connectivity index is 1.45. The van der Waals surface area contributed by atoms with Crippen LogP contribution in [0.2, 0.25) is 0 Å². The molecular formula is C53H60N2O18. The minimum absolute atomic E-state index is 0.00248. The molecule has 1 aliphatic heterocycles. The maximum atomic E-state index is 16.1. The van der Waals surface area contributed by atoms with E-state index in [9.17, 15) is 39.0 Å². The first kappa shape index (κ1) is 53.8. The molecule has 0 radical (unpaired) electrons. The number of nitrogens with one attached hydrogen (secondary N) is 2. The summed E-state index contributed by atoms with van der Waals surface area (Å²) in [6, 6.07) is 22.4. The number of rotatable bonds is 16. The summed E-state index contributed by atoms with van der Waals surface area (Å²) in [7, 11) is 1.23. The molecule has 3 aliphatic carbocycles. The molecule has 0 unspecified atom stereocenters. The number of aliphatic hydroxyl groups is 2. The van der Waals surface area contributed by atoms with Crippen molar-refractivity contribution >= 4 is 47.6 Å². The van der Waals surface area contributed by atoms with Crippen LogP contribution in [0.25, 0.3) is 0 Å². The van der Waals surface area contributed by atoms with Crippen LogP contribution < -0.4 is 10.6 Å². The smallest absolute Gasteiger partial charge is 0.407 e. The highest BCUT2D eigenvalue weighted by atomic mass is 16.6. The van der Waals surface area contributed by atoms with Crippen molar-refractivity contribution in [3.63, 3.8) is 0 Å². The quantitative estimate of drug-likeness (QED) is 0.0905. The Morgan fingerprint density at radius 1 is 0.822 bits per heavy atom. The molecule has 20 heteroatoms. The Bertz CT molecular complexity index is 2630. The third-order valence-electron chi connectivity index (χ3n) is 14.6. The van der Waals surface area contributed by atoms with Crippen LogP contribution in [0.1, 0.15) is 86.7 Å². The zero-order chi connectivity index (χ0) is 53.0. The van der Waals surface area contributed by atoms with Gasteiger partial charge in [0.1, 0.15) is 42.7 Å². The Labute approximate surface area is 420 Å². The van der Waals surface area contributed by atoms with Crippen LogP contribution in [0.4, 0.5) is 4.79 Å². The first-order valence-corrected chi connectivity index (χ1v) is 23.7. The maximum Gasteiger partial charge on any atom is 0.407 e. The van der Waals surface area contributed by atoms with Gasteiger partial charge in [-0.2, -0.15) is 0 Å². The summed E-state index contributed by atoms with van der Waals surface area (Å²) in [4.78, 5) is 113. The molecule has 2 saturated carbocycles. The minimum Gasteiger partial charge on any atom is -0.455 e. The second-order valence-electron chi connectivity index (χ2n) is 19.3. The van der Waals surface area contributed by atoms with E-state index in [-0.39, 0.29) is 35.2 Å². The molecule has 7 rings (SSSR count). The number of esters is 5. The molecule has 4 aliphatic rings. The monoisotopic (exact) mass is 1010 g/mol. The number of benzene rings is 3. The van der Waals surface area contributed by atoms with Crippen molar-refractivity contribution in [3.8, 4) is 0 Å². The Kier molecular flexibility index (Phi) is 15.9. The number of alkyl carbamates (subject to hydrolysis) is 1. The van der Waals surface area contributed by atoms with Crippen LogP contribution in [-0.4, -0.2) is 139 Å². The molecule has 1 heterocycles. The Morgan fingerprint density at radius 2 is 1.44 bits per heavy atom. The third-order valence-corrected chi connectivity index (χ3v) is 14.6. The molecule has 20 nitrogen and oxygen atoms in total. The van der Waals surface area contributed by atoms with Crippen LogP contribution in [0, 0.1) is 16.7 Å². The van der Waals surface area contributed by atoms with Crippen LogP contribution >= 0.6 is 0 Å². The van der Waals surface area contributed by atoms with Gasteiger partial charge in [-0.1, -0.05) is 80.6 Å². The van der Waals surface area contributed by atoms with Crippen LogP contribution in [0.3, 0.4) is 0 Å². The summed E-state index contributed by atoms with van der Waals surface area (Å²) in [6.07, 6.45) is -12.3. The third kappa shape index (κ3) is 10.2. The molecule has 0 spiro atoms. The summed E-state index contributed by atoms with van der Waals surface area (Å²) in [6.45, 7) is 6.30. The van der Waals surface area contributed by atoms with Crippen LogP contribution in [-0.2, 0) is 61.9 Å². The number of fused-ring (bicyclic) bond motifs is 5. The van der Waals surface area contributed by atoms with Crippen molar-refractivity contribution in [2.45, 2.75) is 108 Å². The van der Waals surface area contributed by atoms with Gasteiger partial charge in [0.25, 0.3) is 5.91 Å². The van der Waals surface area contributed by atoms with E-state index < -0.39 is 144 Å². The van der Waals surface area contributed by atoms with E-state index in [4.69, 9.17) is 37.9 Å². The molecule has 390 valence electrons. The van der Waals surface area contributed by atoms with Gasteiger partial charge in [-0.05, 0) is 54.8 Å². The van der Waals surface area contributed by atoms with Crippen molar-refractivity contribution < 1.29 is 86.5 Å². The highest BCUT2D eigenvalue weighted by Crippen LogP contribution is 2.65. The van der Waals surface area contributed by atoms with E-state index in [0.717, 1.165) is 13.8 Å². The molecule has 2 amide bonds. The van der Waals surface area contributed by atoms with Gasteiger partial charge in [0.15, 0.2) is 17.5 Å². The number of ketones is 1. The lowest BCUT2D eigenvalue weighted by Gasteiger charge is -2.67. The highest BCUT2D eigenvalue weighted by molar-refractivity contribution is 5.97. The lowest BCUT2D eigenvalue weighted by atomic mass is 9.44. The second kappa shape index (κ2) is 21.6. The fraction of sp³-hybridized carbons (Fsp3) is 0.472. The SMILES string of the molecule is COCC(=O)O[C@@H](C(=O)O[C@H]1C[C@@]2(O)[C@@H](OC(=O)c3ccccc3)[C@@H]3[C@]4(OC(C)=O)CO[C@@H]4C[C@H](OC(=O)NCCO)[C@@]3(C)C(=O)[C@H](OC(C)=O)C(=C1C)C2(C)C)[C@@H](NC(=O)c1ccccc1)c1ccccc1. The minimum atomic E-state index is -2.54. The zero-order valence-corrected chi connectivity index (χ0v) is 41.4. The molecule has 2 bridgehead atoms. The summed E-state index contributed by atoms with van der Waals surface area (Å²) >= 11 is 0. The number of hydrogen-bond donors (Lipinski definition) is 4. The van der Waals surface area contributed by atoms with Gasteiger partial charge >= 0.3 is 35.9 Å². The number of methoxy groups -OCH3 is 1. The zero-order valence-electron chi connectivity index (χ0n) is 41.4. The van der Waals surface area contributed by atoms with Gasteiger partial charge in [0, 0.05) is 51.3 Å².